The number of aliphatic hydroxyl groups is 1. The number of nitriles is 1. The molecule has 0 saturated heterocycles. The summed E-state index contributed by atoms with van der Waals surface area (Å²) in [5.74, 6) is 0.143. The molecule has 0 fully saturated rings. The van der Waals surface area contributed by atoms with Gasteiger partial charge in [-0.3, -0.25) is 4.79 Å². The van der Waals surface area contributed by atoms with Crippen LogP contribution in [0.4, 0.5) is 0 Å². The highest BCUT2D eigenvalue weighted by Gasteiger charge is 2.06. The number of hydrogen-bond donors (Lipinski definition) is 2. The highest BCUT2D eigenvalue weighted by Crippen LogP contribution is 2.18. The number of carbonyl (C=O) groups is 1. The third-order valence-corrected chi connectivity index (χ3v) is 2.82. The monoisotopic (exact) mass is 250 g/mol. The lowest BCUT2D eigenvalue weighted by molar-refractivity contribution is 0.0924. The summed E-state index contributed by atoms with van der Waals surface area (Å²) < 4.78 is 0. The van der Waals surface area contributed by atoms with Gasteiger partial charge in [-0.25, -0.2) is 0 Å². The highest BCUT2D eigenvalue weighted by atomic mass is 32.2. The number of carbonyl (C=O) groups excluding carboxylic acids is 1. The molecule has 1 atom stereocenters. The fraction of sp³-hybridized carbons (Fsp3) is 0.333. The maximum atomic E-state index is 11.7. The zero-order valence-electron chi connectivity index (χ0n) is 9.51. The second kappa shape index (κ2) is 6.94. The Labute approximate surface area is 105 Å². The lowest BCUT2D eigenvalue weighted by Gasteiger charge is -2.07. The van der Waals surface area contributed by atoms with E-state index in [9.17, 15) is 4.79 Å². The Morgan fingerprint density at radius 2 is 2.41 bits per heavy atom. The number of aliphatic hydroxyl groups excluding tert-OH is 1. The van der Waals surface area contributed by atoms with Crippen molar-refractivity contribution in [3.8, 4) is 6.07 Å². The van der Waals surface area contributed by atoms with Crippen molar-refractivity contribution in [2.75, 3.05) is 12.3 Å². The molecule has 17 heavy (non-hydrogen) atoms. The van der Waals surface area contributed by atoms with E-state index < -0.39 is 6.10 Å². The van der Waals surface area contributed by atoms with Gasteiger partial charge in [0.15, 0.2) is 0 Å². The van der Waals surface area contributed by atoms with Gasteiger partial charge in [0.1, 0.15) is 0 Å². The quantitative estimate of drug-likeness (QED) is 0.775. The van der Waals surface area contributed by atoms with Gasteiger partial charge >= 0.3 is 0 Å². The molecule has 1 aromatic carbocycles. The first-order valence-corrected chi connectivity index (χ1v) is 6.18. The first-order chi connectivity index (χ1) is 8.13. The molecule has 0 spiro atoms. The molecule has 0 aliphatic heterocycles. The van der Waals surface area contributed by atoms with E-state index in [-0.39, 0.29) is 12.5 Å². The van der Waals surface area contributed by atoms with Crippen LogP contribution in [0.5, 0.6) is 0 Å². The molecule has 90 valence electrons. The molecule has 0 heterocycles. The second-order valence-corrected chi connectivity index (χ2v) is 4.58. The third-order valence-electron chi connectivity index (χ3n) is 1.96. The van der Waals surface area contributed by atoms with Crippen molar-refractivity contribution in [3.05, 3.63) is 29.8 Å². The second-order valence-electron chi connectivity index (χ2n) is 3.53. The van der Waals surface area contributed by atoms with Crippen molar-refractivity contribution < 1.29 is 9.90 Å². The minimum atomic E-state index is -0.560. The molecular formula is C12H14N2O2S. The van der Waals surface area contributed by atoms with Gasteiger partial charge in [-0.05, 0) is 25.1 Å². The summed E-state index contributed by atoms with van der Waals surface area (Å²) in [5, 5.41) is 20.2. The lowest BCUT2D eigenvalue weighted by Crippen LogP contribution is -2.30. The molecule has 0 radical (unpaired) electrons. The van der Waals surface area contributed by atoms with Crippen molar-refractivity contribution >= 4 is 17.7 Å². The molecule has 0 aliphatic rings. The van der Waals surface area contributed by atoms with Gasteiger partial charge in [0.05, 0.1) is 17.9 Å². The van der Waals surface area contributed by atoms with Gasteiger partial charge < -0.3 is 10.4 Å². The van der Waals surface area contributed by atoms with Gasteiger partial charge in [-0.15, -0.1) is 11.8 Å². The van der Waals surface area contributed by atoms with Crippen LogP contribution in [0.3, 0.4) is 0 Å². The Kier molecular flexibility index (Phi) is 5.53. The largest absolute Gasteiger partial charge is 0.392 e. The first-order valence-electron chi connectivity index (χ1n) is 5.19. The Hall–Kier alpha value is -1.51. The zero-order chi connectivity index (χ0) is 12.7. The van der Waals surface area contributed by atoms with Gasteiger partial charge in [-0.2, -0.15) is 5.26 Å². The molecule has 0 bridgehead atoms. The third kappa shape index (κ3) is 4.89. The maximum absolute atomic E-state index is 11.7. The van der Waals surface area contributed by atoms with Crippen LogP contribution in [-0.4, -0.2) is 29.4 Å². The summed E-state index contributed by atoms with van der Waals surface area (Å²) in [6, 6.07) is 9.10. The van der Waals surface area contributed by atoms with E-state index in [0.717, 1.165) is 4.90 Å². The van der Waals surface area contributed by atoms with Crippen LogP contribution in [0.25, 0.3) is 0 Å². The number of nitrogens with zero attached hydrogens (tertiary/aromatic N) is 1. The van der Waals surface area contributed by atoms with Crippen molar-refractivity contribution in [1.82, 2.24) is 5.32 Å². The summed E-state index contributed by atoms with van der Waals surface area (Å²) in [6.45, 7) is 1.84. The summed E-state index contributed by atoms with van der Waals surface area (Å²) >= 11 is 1.39. The van der Waals surface area contributed by atoms with E-state index >= 15 is 0 Å². The summed E-state index contributed by atoms with van der Waals surface area (Å²) in [7, 11) is 0. The normalized spacial score (nSPS) is 11.6. The fourth-order valence-corrected chi connectivity index (χ4v) is 1.80. The molecule has 2 N–H and O–H groups in total. The van der Waals surface area contributed by atoms with Crippen LogP contribution in [-0.2, 0) is 0 Å². The number of amides is 1. The van der Waals surface area contributed by atoms with E-state index in [2.05, 4.69) is 5.32 Å². The van der Waals surface area contributed by atoms with Gasteiger partial charge in [0.2, 0.25) is 0 Å². The standard InChI is InChI=1S/C12H14N2O2S/c1-9(15)8-14-12(16)10-3-2-4-11(7-10)17-6-5-13/h2-4,7,9,15H,6,8H2,1H3,(H,14,16). The Morgan fingerprint density at radius 3 is 3.06 bits per heavy atom. The van der Waals surface area contributed by atoms with E-state index in [4.69, 9.17) is 10.4 Å². The zero-order valence-corrected chi connectivity index (χ0v) is 10.3. The molecule has 5 heteroatoms. The van der Waals surface area contributed by atoms with E-state index in [1.165, 1.54) is 11.8 Å². The average molecular weight is 250 g/mol. The Bertz CT molecular complexity index is 427. The Morgan fingerprint density at radius 1 is 1.65 bits per heavy atom. The predicted molar refractivity (Wildman–Crippen MR) is 66.8 cm³/mol. The van der Waals surface area contributed by atoms with Crippen LogP contribution in [0, 0.1) is 11.3 Å². The SMILES string of the molecule is CC(O)CNC(=O)c1cccc(SCC#N)c1. The molecule has 1 amide bonds. The lowest BCUT2D eigenvalue weighted by atomic mass is 10.2. The van der Waals surface area contributed by atoms with Crippen LogP contribution in [0.15, 0.2) is 29.2 Å². The molecule has 1 aromatic rings. The minimum absolute atomic E-state index is 0.217. The summed E-state index contributed by atoms with van der Waals surface area (Å²) in [4.78, 5) is 12.6. The number of benzene rings is 1. The number of thioether (sulfide) groups is 1. The average Bonchev–Trinajstić information content (AvgIpc) is 2.33. The van der Waals surface area contributed by atoms with Crippen LogP contribution in [0.1, 0.15) is 17.3 Å². The number of hydrogen-bond acceptors (Lipinski definition) is 4. The molecule has 1 rings (SSSR count). The minimum Gasteiger partial charge on any atom is -0.392 e. The summed E-state index contributed by atoms with van der Waals surface area (Å²) in [5.41, 5.74) is 0.536. The van der Waals surface area contributed by atoms with E-state index in [1.54, 1.807) is 25.1 Å². The van der Waals surface area contributed by atoms with Crippen LogP contribution < -0.4 is 5.32 Å². The topological polar surface area (TPSA) is 73.1 Å². The number of nitrogens with one attached hydrogen (secondary N) is 1. The molecule has 1 unspecified atom stereocenters. The van der Waals surface area contributed by atoms with Crippen LogP contribution >= 0.6 is 11.8 Å². The molecule has 0 saturated carbocycles. The molecule has 4 nitrogen and oxygen atoms in total. The smallest absolute Gasteiger partial charge is 0.251 e. The van der Waals surface area contributed by atoms with E-state index in [0.29, 0.717) is 11.3 Å². The van der Waals surface area contributed by atoms with Gasteiger partial charge in [0, 0.05) is 17.0 Å². The molecule has 0 aromatic heterocycles. The maximum Gasteiger partial charge on any atom is 0.251 e. The first kappa shape index (κ1) is 13.6. The molecule has 0 aliphatic carbocycles. The van der Waals surface area contributed by atoms with E-state index in [1.807, 2.05) is 12.1 Å². The summed E-state index contributed by atoms with van der Waals surface area (Å²) in [6.07, 6.45) is -0.560. The van der Waals surface area contributed by atoms with Gasteiger partial charge in [-0.1, -0.05) is 6.07 Å². The fourth-order valence-electron chi connectivity index (χ4n) is 1.19. The Balaban J connectivity index is 2.64. The van der Waals surface area contributed by atoms with Crippen molar-refractivity contribution in [1.29, 1.82) is 5.26 Å². The highest BCUT2D eigenvalue weighted by molar-refractivity contribution is 7.99. The van der Waals surface area contributed by atoms with Crippen LogP contribution in [0.2, 0.25) is 0 Å². The van der Waals surface area contributed by atoms with Crippen molar-refractivity contribution in [2.45, 2.75) is 17.9 Å². The number of rotatable bonds is 5. The van der Waals surface area contributed by atoms with Gasteiger partial charge in [0.25, 0.3) is 5.91 Å². The van der Waals surface area contributed by atoms with Crippen molar-refractivity contribution in [3.63, 3.8) is 0 Å². The van der Waals surface area contributed by atoms with Crippen molar-refractivity contribution in [2.24, 2.45) is 0 Å². The predicted octanol–water partition coefficient (Wildman–Crippen LogP) is 1.41. The molecular weight excluding hydrogens is 236 g/mol.